The summed E-state index contributed by atoms with van der Waals surface area (Å²) in [5.41, 5.74) is 8.95. The molecule has 3 nitrogen and oxygen atoms in total. The summed E-state index contributed by atoms with van der Waals surface area (Å²) in [7, 11) is 2.06. The molecule has 0 radical (unpaired) electrons. The minimum atomic E-state index is 0.243. The van der Waals surface area contributed by atoms with Gasteiger partial charge >= 0.3 is 0 Å². The van der Waals surface area contributed by atoms with Crippen LogP contribution in [0.4, 0.5) is 5.69 Å². The van der Waals surface area contributed by atoms with Crippen molar-refractivity contribution in [3.05, 3.63) is 29.3 Å². The van der Waals surface area contributed by atoms with E-state index in [4.69, 9.17) is 11.0 Å². The van der Waals surface area contributed by atoms with Crippen molar-refractivity contribution in [1.29, 1.82) is 5.26 Å². The van der Waals surface area contributed by atoms with Gasteiger partial charge in [-0.3, -0.25) is 0 Å². The van der Waals surface area contributed by atoms with Gasteiger partial charge in [-0.2, -0.15) is 5.26 Å². The van der Waals surface area contributed by atoms with Gasteiger partial charge in [-0.1, -0.05) is 13.8 Å². The van der Waals surface area contributed by atoms with E-state index >= 15 is 0 Å². The normalized spacial score (nSPS) is 12.3. The maximum absolute atomic E-state index is 8.91. The molecule has 1 aromatic rings. The molecule has 1 atom stereocenters. The molecule has 2 N–H and O–H groups in total. The Labute approximate surface area is 110 Å². The lowest BCUT2D eigenvalue weighted by Gasteiger charge is -2.23. The molecule has 0 spiro atoms. The van der Waals surface area contributed by atoms with E-state index in [-0.39, 0.29) is 6.04 Å². The summed E-state index contributed by atoms with van der Waals surface area (Å²) in [4.78, 5) is 2.19. The Morgan fingerprint density at radius 2 is 2.06 bits per heavy atom. The Morgan fingerprint density at radius 1 is 1.39 bits per heavy atom. The third-order valence-corrected chi connectivity index (χ3v) is 3.43. The zero-order valence-electron chi connectivity index (χ0n) is 11.8. The van der Waals surface area contributed by atoms with Crippen LogP contribution in [0.15, 0.2) is 18.2 Å². The van der Waals surface area contributed by atoms with Gasteiger partial charge in [-0.05, 0) is 43.0 Å². The molecule has 0 bridgehead atoms. The van der Waals surface area contributed by atoms with Crippen molar-refractivity contribution in [3.8, 4) is 6.07 Å². The van der Waals surface area contributed by atoms with Crippen LogP contribution in [0, 0.1) is 24.2 Å². The summed E-state index contributed by atoms with van der Waals surface area (Å²) in [6.45, 7) is 7.20. The molecule has 0 amide bonds. The third kappa shape index (κ3) is 3.75. The Bertz CT molecular complexity index is 432. The van der Waals surface area contributed by atoms with Gasteiger partial charge in [-0.15, -0.1) is 0 Å². The number of nitrogens with two attached hydrogens (primary N) is 1. The molecule has 1 unspecified atom stereocenters. The lowest BCUT2D eigenvalue weighted by molar-refractivity contribution is 0.466. The standard InChI is InChI=1S/C15H23N3/c1-11(2)15(17)7-8-18(4)14-6-5-13(10-16)12(3)9-14/h5-6,9,11,15H,7-8,17H2,1-4H3. The lowest BCUT2D eigenvalue weighted by atomic mass is 10.0. The molecule has 0 saturated heterocycles. The SMILES string of the molecule is Cc1cc(N(C)CCC(N)C(C)C)ccc1C#N. The first-order valence-electron chi connectivity index (χ1n) is 6.43. The molecule has 98 valence electrons. The fourth-order valence-electron chi connectivity index (χ4n) is 1.82. The summed E-state index contributed by atoms with van der Waals surface area (Å²) in [6.07, 6.45) is 0.979. The number of rotatable bonds is 5. The second-order valence-corrected chi connectivity index (χ2v) is 5.23. The average Bonchev–Trinajstić information content (AvgIpc) is 2.35. The number of hydrogen-bond acceptors (Lipinski definition) is 3. The molecule has 1 aromatic carbocycles. The predicted molar refractivity (Wildman–Crippen MR) is 76.6 cm³/mol. The minimum Gasteiger partial charge on any atom is -0.375 e. The van der Waals surface area contributed by atoms with E-state index in [1.807, 2.05) is 19.1 Å². The van der Waals surface area contributed by atoms with Gasteiger partial charge in [0.1, 0.15) is 0 Å². The number of nitriles is 1. The van der Waals surface area contributed by atoms with Crippen LogP contribution in [-0.4, -0.2) is 19.6 Å². The molecular formula is C15H23N3. The van der Waals surface area contributed by atoms with E-state index in [9.17, 15) is 0 Å². The smallest absolute Gasteiger partial charge is 0.0994 e. The summed E-state index contributed by atoms with van der Waals surface area (Å²) >= 11 is 0. The second-order valence-electron chi connectivity index (χ2n) is 5.23. The first-order chi connectivity index (χ1) is 8.45. The van der Waals surface area contributed by atoms with Crippen molar-refractivity contribution in [2.45, 2.75) is 33.2 Å². The van der Waals surface area contributed by atoms with E-state index in [1.165, 1.54) is 0 Å². The van der Waals surface area contributed by atoms with Crippen molar-refractivity contribution >= 4 is 5.69 Å². The third-order valence-electron chi connectivity index (χ3n) is 3.43. The van der Waals surface area contributed by atoms with Gasteiger partial charge in [0.2, 0.25) is 0 Å². The maximum Gasteiger partial charge on any atom is 0.0994 e. The van der Waals surface area contributed by atoms with Crippen molar-refractivity contribution in [1.82, 2.24) is 0 Å². The van der Waals surface area contributed by atoms with Gasteiger partial charge in [0, 0.05) is 25.3 Å². The number of nitrogens with zero attached hydrogens (tertiary/aromatic N) is 2. The fourth-order valence-corrected chi connectivity index (χ4v) is 1.82. The van der Waals surface area contributed by atoms with E-state index in [2.05, 4.69) is 37.9 Å². The zero-order valence-corrected chi connectivity index (χ0v) is 11.8. The van der Waals surface area contributed by atoms with Crippen molar-refractivity contribution < 1.29 is 0 Å². The highest BCUT2D eigenvalue weighted by molar-refractivity contribution is 5.52. The van der Waals surface area contributed by atoms with Crippen LogP contribution in [0.25, 0.3) is 0 Å². The van der Waals surface area contributed by atoms with Crippen molar-refractivity contribution in [3.63, 3.8) is 0 Å². The van der Waals surface area contributed by atoms with Gasteiger partial charge in [0.25, 0.3) is 0 Å². The van der Waals surface area contributed by atoms with Crippen molar-refractivity contribution in [2.75, 3.05) is 18.5 Å². The highest BCUT2D eigenvalue weighted by atomic mass is 15.1. The van der Waals surface area contributed by atoms with E-state index in [0.29, 0.717) is 5.92 Å². The van der Waals surface area contributed by atoms with Crippen molar-refractivity contribution in [2.24, 2.45) is 11.7 Å². The average molecular weight is 245 g/mol. The second kappa shape index (κ2) is 6.42. The van der Waals surface area contributed by atoms with Crippen LogP contribution < -0.4 is 10.6 Å². The Hall–Kier alpha value is -1.53. The first-order valence-corrected chi connectivity index (χ1v) is 6.43. The zero-order chi connectivity index (χ0) is 13.7. The fraction of sp³-hybridized carbons (Fsp3) is 0.533. The summed E-state index contributed by atoms with van der Waals surface area (Å²) in [6, 6.07) is 8.36. The number of anilines is 1. The van der Waals surface area contributed by atoms with Crippen LogP contribution in [-0.2, 0) is 0 Å². The van der Waals surface area contributed by atoms with E-state index < -0.39 is 0 Å². The van der Waals surface area contributed by atoms with Gasteiger partial charge < -0.3 is 10.6 Å². The topological polar surface area (TPSA) is 53.0 Å². The van der Waals surface area contributed by atoms with Gasteiger partial charge in [0.05, 0.1) is 11.6 Å². The van der Waals surface area contributed by atoms with Crippen LogP contribution in [0.1, 0.15) is 31.4 Å². The molecule has 0 fully saturated rings. The Morgan fingerprint density at radius 3 is 2.56 bits per heavy atom. The highest BCUT2D eigenvalue weighted by Crippen LogP contribution is 2.18. The molecule has 0 aliphatic heterocycles. The van der Waals surface area contributed by atoms with E-state index in [1.54, 1.807) is 0 Å². The van der Waals surface area contributed by atoms with Gasteiger partial charge in [0.15, 0.2) is 0 Å². The summed E-state index contributed by atoms with van der Waals surface area (Å²) in [5, 5.41) is 8.91. The molecule has 0 saturated carbocycles. The summed E-state index contributed by atoms with van der Waals surface area (Å²) in [5.74, 6) is 0.515. The van der Waals surface area contributed by atoms with E-state index in [0.717, 1.165) is 29.8 Å². The quantitative estimate of drug-likeness (QED) is 0.867. The molecule has 1 rings (SSSR count). The Balaban J connectivity index is 2.65. The highest BCUT2D eigenvalue weighted by Gasteiger charge is 2.10. The number of benzene rings is 1. The van der Waals surface area contributed by atoms with Crippen LogP contribution >= 0.6 is 0 Å². The Kier molecular flexibility index (Phi) is 5.18. The molecular weight excluding hydrogens is 222 g/mol. The molecule has 0 aromatic heterocycles. The molecule has 18 heavy (non-hydrogen) atoms. The molecule has 0 heterocycles. The van der Waals surface area contributed by atoms with Crippen LogP contribution in [0.5, 0.6) is 0 Å². The lowest BCUT2D eigenvalue weighted by Crippen LogP contribution is -2.31. The first kappa shape index (κ1) is 14.5. The largest absolute Gasteiger partial charge is 0.375 e. The number of hydrogen-bond donors (Lipinski definition) is 1. The number of aryl methyl sites for hydroxylation is 1. The molecule has 0 aliphatic carbocycles. The predicted octanol–water partition coefficient (Wildman–Crippen LogP) is 2.68. The molecule has 0 aliphatic rings. The summed E-state index contributed by atoms with van der Waals surface area (Å²) < 4.78 is 0. The van der Waals surface area contributed by atoms with Gasteiger partial charge in [-0.25, -0.2) is 0 Å². The minimum absolute atomic E-state index is 0.243. The maximum atomic E-state index is 8.91. The molecule has 3 heteroatoms. The van der Waals surface area contributed by atoms with Crippen LogP contribution in [0.2, 0.25) is 0 Å². The monoisotopic (exact) mass is 245 g/mol. The van der Waals surface area contributed by atoms with Crippen LogP contribution in [0.3, 0.4) is 0 Å².